The van der Waals surface area contributed by atoms with Crippen LogP contribution < -0.4 is 10.6 Å². The molecule has 0 heterocycles. The lowest BCUT2D eigenvalue weighted by atomic mass is 9.91. The number of aryl methyl sites for hydroxylation is 1. The number of nitrogens with one attached hydrogen (secondary N) is 2. The zero-order chi connectivity index (χ0) is 27.1. The van der Waals surface area contributed by atoms with E-state index >= 15 is 0 Å². The Labute approximate surface area is 215 Å². The molecular formula is C29H41N3O4. The maximum atomic E-state index is 13.9. The molecule has 7 nitrogen and oxygen atoms in total. The fraction of sp³-hybridized carbons (Fsp3) is 0.483. The van der Waals surface area contributed by atoms with Crippen LogP contribution in [0.2, 0.25) is 0 Å². The summed E-state index contributed by atoms with van der Waals surface area (Å²) >= 11 is 0. The minimum Gasteiger partial charge on any atom is -0.444 e. The number of hydrogen-bond donors (Lipinski definition) is 2. The first-order valence-electron chi connectivity index (χ1n) is 12.5. The number of benzene rings is 2. The second-order valence-electron chi connectivity index (χ2n) is 10.8. The van der Waals surface area contributed by atoms with Gasteiger partial charge in [0, 0.05) is 12.1 Å². The molecule has 0 saturated heterocycles. The van der Waals surface area contributed by atoms with Crippen LogP contribution in [0.3, 0.4) is 0 Å². The minimum absolute atomic E-state index is 0.288. The van der Waals surface area contributed by atoms with E-state index in [4.69, 9.17) is 4.74 Å². The Morgan fingerprint density at radius 2 is 1.61 bits per heavy atom. The van der Waals surface area contributed by atoms with E-state index in [2.05, 4.69) is 10.6 Å². The molecule has 2 N–H and O–H groups in total. The largest absolute Gasteiger partial charge is 0.444 e. The van der Waals surface area contributed by atoms with Gasteiger partial charge in [0.2, 0.25) is 11.8 Å². The van der Waals surface area contributed by atoms with Crippen LogP contribution in [0.1, 0.15) is 77.6 Å². The zero-order valence-electron chi connectivity index (χ0n) is 22.8. The SMILES string of the molecule is CCC(C)(C)N(C(=O)C(C)NC(=O)OC(C)(C)C)C(C(=O)NCc1ccccc1)c1cccc(C)c1. The molecule has 0 radical (unpaired) electrons. The summed E-state index contributed by atoms with van der Waals surface area (Å²) in [4.78, 5) is 41.7. The Balaban J connectivity index is 2.45. The van der Waals surface area contributed by atoms with Gasteiger partial charge < -0.3 is 20.3 Å². The Morgan fingerprint density at radius 1 is 0.972 bits per heavy atom. The molecule has 0 bridgehead atoms. The van der Waals surface area contributed by atoms with Gasteiger partial charge in [-0.2, -0.15) is 0 Å². The number of hydrogen-bond acceptors (Lipinski definition) is 4. The quantitative estimate of drug-likeness (QED) is 0.495. The van der Waals surface area contributed by atoms with E-state index in [0.717, 1.165) is 11.1 Å². The monoisotopic (exact) mass is 495 g/mol. The summed E-state index contributed by atoms with van der Waals surface area (Å²) in [6.07, 6.45) is -0.0788. The van der Waals surface area contributed by atoms with Gasteiger partial charge in [-0.05, 0) is 66.0 Å². The van der Waals surface area contributed by atoms with E-state index in [-0.39, 0.29) is 11.8 Å². The van der Waals surface area contributed by atoms with Crippen molar-refractivity contribution in [3.8, 4) is 0 Å². The zero-order valence-corrected chi connectivity index (χ0v) is 22.8. The molecule has 36 heavy (non-hydrogen) atoms. The second-order valence-corrected chi connectivity index (χ2v) is 10.8. The van der Waals surface area contributed by atoms with Crippen LogP contribution in [0.5, 0.6) is 0 Å². The van der Waals surface area contributed by atoms with Crippen LogP contribution in [0, 0.1) is 6.92 Å². The number of amides is 3. The van der Waals surface area contributed by atoms with Crippen molar-refractivity contribution in [1.82, 2.24) is 15.5 Å². The fourth-order valence-electron chi connectivity index (χ4n) is 3.84. The Kier molecular flexibility index (Phi) is 9.68. The lowest BCUT2D eigenvalue weighted by Crippen LogP contribution is -2.58. The molecule has 7 heteroatoms. The van der Waals surface area contributed by atoms with Gasteiger partial charge in [0.25, 0.3) is 0 Å². The molecule has 2 atom stereocenters. The molecule has 0 fully saturated rings. The lowest BCUT2D eigenvalue weighted by molar-refractivity contribution is -0.149. The number of nitrogens with zero attached hydrogens (tertiary/aromatic N) is 1. The first-order chi connectivity index (χ1) is 16.7. The molecule has 0 aliphatic rings. The van der Waals surface area contributed by atoms with Crippen molar-refractivity contribution in [3.63, 3.8) is 0 Å². The van der Waals surface area contributed by atoms with Gasteiger partial charge in [-0.25, -0.2) is 4.79 Å². The highest BCUT2D eigenvalue weighted by molar-refractivity contribution is 5.92. The van der Waals surface area contributed by atoms with Crippen LogP contribution >= 0.6 is 0 Å². The summed E-state index contributed by atoms with van der Waals surface area (Å²) in [7, 11) is 0. The number of ether oxygens (including phenoxy) is 1. The molecule has 0 aliphatic heterocycles. The topological polar surface area (TPSA) is 87.7 Å². The third kappa shape index (κ3) is 8.11. The van der Waals surface area contributed by atoms with Gasteiger partial charge in [-0.3, -0.25) is 9.59 Å². The highest BCUT2D eigenvalue weighted by Gasteiger charge is 2.42. The number of rotatable bonds is 9. The van der Waals surface area contributed by atoms with E-state index < -0.39 is 29.3 Å². The van der Waals surface area contributed by atoms with Gasteiger partial charge in [0.05, 0.1) is 0 Å². The Bertz CT molecular complexity index is 1040. The molecule has 0 aliphatic carbocycles. The molecule has 0 saturated carbocycles. The van der Waals surface area contributed by atoms with Crippen LogP contribution in [-0.4, -0.2) is 40.0 Å². The van der Waals surface area contributed by atoms with Gasteiger partial charge in [0.1, 0.15) is 17.7 Å². The first kappa shape index (κ1) is 28.9. The molecular weight excluding hydrogens is 454 g/mol. The average Bonchev–Trinajstić information content (AvgIpc) is 2.79. The highest BCUT2D eigenvalue weighted by Crippen LogP contribution is 2.32. The third-order valence-corrected chi connectivity index (χ3v) is 6.03. The fourth-order valence-corrected chi connectivity index (χ4v) is 3.84. The number of alkyl carbamates (subject to hydrolysis) is 1. The van der Waals surface area contributed by atoms with Crippen molar-refractivity contribution in [2.24, 2.45) is 0 Å². The van der Waals surface area contributed by atoms with Crippen LogP contribution in [0.25, 0.3) is 0 Å². The molecule has 2 aromatic carbocycles. The van der Waals surface area contributed by atoms with Crippen molar-refractivity contribution in [2.45, 2.75) is 91.6 Å². The van der Waals surface area contributed by atoms with Crippen molar-refractivity contribution in [3.05, 3.63) is 71.3 Å². The molecule has 0 spiro atoms. The van der Waals surface area contributed by atoms with E-state index in [0.29, 0.717) is 18.5 Å². The summed E-state index contributed by atoms with van der Waals surface area (Å²) in [5.74, 6) is -0.655. The molecule has 3 amide bonds. The summed E-state index contributed by atoms with van der Waals surface area (Å²) in [6, 6.07) is 15.4. The summed E-state index contributed by atoms with van der Waals surface area (Å²) in [6.45, 7) is 15.0. The lowest BCUT2D eigenvalue weighted by Gasteiger charge is -2.44. The van der Waals surface area contributed by atoms with Crippen molar-refractivity contribution in [1.29, 1.82) is 0 Å². The Hall–Kier alpha value is -3.35. The molecule has 2 aromatic rings. The molecule has 0 aromatic heterocycles. The predicted molar refractivity (Wildman–Crippen MR) is 142 cm³/mol. The first-order valence-corrected chi connectivity index (χ1v) is 12.5. The van der Waals surface area contributed by atoms with Crippen LogP contribution in [-0.2, 0) is 20.9 Å². The third-order valence-electron chi connectivity index (χ3n) is 6.03. The van der Waals surface area contributed by atoms with Crippen LogP contribution in [0.4, 0.5) is 4.79 Å². The van der Waals surface area contributed by atoms with Gasteiger partial charge in [-0.15, -0.1) is 0 Å². The van der Waals surface area contributed by atoms with E-state index in [1.807, 2.05) is 82.3 Å². The molecule has 2 rings (SSSR count). The molecule has 196 valence electrons. The Morgan fingerprint density at radius 3 is 2.17 bits per heavy atom. The van der Waals surface area contributed by atoms with Crippen molar-refractivity contribution < 1.29 is 19.1 Å². The number of carbonyl (C=O) groups is 3. The van der Waals surface area contributed by atoms with Crippen molar-refractivity contribution in [2.75, 3.05) is 0 Å². The van der Waals surface area contributed by atoms with Gasteiger partial charge in [-0.1, -0.05) is 67.1 Å². The highest BCUT2D eigenvalue weighted by atomic mass is 16.6. The van der Waals surface area contributed by atoms with E-state index in [9.17, 15) is 14.4 Å². The summed E-state index contributed by atoms with van der Waals surface area (Å²) < 4.78 is 5.35. The van der Waals surface area contributed by atoms with E-state index in [1.54, 1.807) is 32.6 Å². The van der Waals surface area contributed by atoms with Crippen LogP contribution in [0.15, 0.2) is 54.6 Å². The van der Waals surface area contributed by atoms with Gasteiger partial charge >= 0.3 is 6.09 Å². The average molecular weight is 496 g/mol. The molecule has 2 unspecified atom stereocenters. The van der Waals surface area contributed by atoms with Crippen molar-refractivity contribution >= 4 is 17.9 Å². The van der Waals surface area contributed by atoms with Gasteiger partial charge in [0.15, 0.2) is 0 Å². The summed E-state index contributed by atoms with van der Waals surface area (Å²) in [5, 5.41) is 5.66. The number of carbonyl (C=O) groups excluding carboxylic acids is 3. The van der Waals surface area contributed by atoms with E-state index in [1.165, 1.54) is 0 Å². The second kappa shape index (κ2) is 12.1. The minimum atomic E-state index is -0.903. The normalized spacial score (nSPS) is 13.3. The maximum Gasteiger partial charge on any atom is 0.408 e. The maximum absolute atomic E-state index is 13.9. The summed E-state index contributed by atoms with van der Waals surface area (Å²) in [5.41, 5.74) is 1.27. The standard InChI is InChI=1S/C29H41N3O4/c1-9-29(7,8)32(26(34)21(3)31-27(35)36-28(4,5)6)24(23-17-13-14-20(2)18-23)25(33)30-19-22-15-11-10-12-16-22/h10-18,21,24H,9,19H2,1-8H3,(H,30,33)(H,31,35). The smallest absolute Gasteiger partial charge is 0.408 e. The predicted octanol–water partition coefficient (Wildman–Crippen LogP) is 5.28.